The molecule has 0 N–H and O–H groups in total. The summed E-state index contributed by atoms with van der Waals surface area (Å²) in [5, 5.41) is 20.0. The van der Waals surface area contributed by atoms with Crippen LogP contribution in [-0.2, 0) is 6.42 Å². The van der Waals surface area contributed by atoms with Crippen molar-refractivity contribution in [2.24, 2.45) is 0 Å². The Balaban J connectivity index is 1.58. The predicted octanol–water partition coefficient (Wildman–Crippen LogP) is 4.88. The third-order valence-electron chi connectivity index (χ3n) is 4.72. The van der Waals surface area contributed by atoms with Crippen molar-refractivity contribution in [1.82, 2.24) is 14.8 Å². The molecule has 1 heterocycles. The Labute approximate surface area is 187 Å². The SMILES string of the molecule is O=C(CSc1nnc(Cc2ccc([N+](=O)[O-])cc2)n1-c1ccccc1)c1ccc(F)cc1. The van der Waals surface area contributed by atoms with Crippen molar-refractivity contribution in [2.75, 3.05) is 5.75 Å². The number of carbonyl (C=O) groups excluding carboxylic acids is 1. The molecule has 32 heavy (non-hydrogen) atoms. The molecule has 9 heteroatoms. The van der Waals surface area contributed by atoms with Gasteiger partial charge in [-0.2, -0.15) is 0 Å². The Kier molecular flexibility index (Phi) is 6.37. The van der Waals surface area contributed by atoms with Gasteiger partial charge in [0.25, 0.3) is 5.69 Å². The van der Waals surface area contributed by atoms with Crippen LogP contribution in [0.25, 0.3) is 5.69 Å². The summed E-state index contributed by atoms with van der Waals surface area (Å²) in [5.41, 5.74) is 2.13. The number of Topliss-reactive ketones (excluding diaryl/α,β-unsaturated/α-hetero) is 1. The van der Waals surface area contributed by atoms with Crippen LogP contribution in [0.15, 0.2) is 84.0 Å². The third-order valence-corrected chi connectivity index (χ3v) is 5.65. The number of hydrogen-bond donors (Lipinski definition) is 0. The maximum Gasteiger partial charge on any atom is 0.269 e. The first-order valence-corrected chi connectivity index (χ1v) is 10.6. The lowest BCUT2D eigenvalue weighted by Gasteiger charge is -2.10. The van der Waals surface area contributed by atoms with E-state index in [-0.39, 0.29) is 17.2 Å². The van der Waals surface area contributed by atoms with Crippen LogP contribution in [0.5, 0.6) is 0 Å². The fourth-order valence-corrected chi connectivity index (χ4v) is 3.98. The van der Waals surface area contributed by atoms with Gasteiger partial charge in [0.15, 0.2) is 10.9 Å². The van der Waals surface area contributed by atoms with Gasteiger partial charge in [-0.25, -0.2) is 4.39 Å². The molecule has 3 aromatic carbocycles. The number of aromatic nitrogens is 3. The molecule has 0 saturated heterocycles. The highest BCUT2D eigenvalue weighted by atomic mass is 32.2. The maximum atomic E-state index is 13.1. The first-order valence-electron chi connectivity index (χ1n) is 9.66. The minimum atomic E-state index is -0.441. The number of nitrogens with zero attached hydrogens (tertiary/aromatic N) is 4. The summed E-state index contributed by atoms with van der Waals surface area (Å²) in [4.78, 5) is 23.0. The molecule has 4 aromatic rings. The summed E-state index contributed by atoms with van der Waals surface area (Å²) in [6, 6.07) is 21.2. The van der Waals surface area contributed by atoms with Gasteiger partial charge in [-0.15, -0.1) is 10.2 Å². The zero-order valence-corrected chi connectivity index (χ0v) is 17.5. The highest BCUT2D eigenvalue weighted by Crippen LogP contribution is 2.25. The number of halogens is 1. The van der Waals surface area contributed by atoms with E-state index in [1.165, 1.54) is 48.2 Å². The minimum Gasteiger partial charge on any atom is -0.293 e. The highest BCUT2D eigenvalue weighted by molar-refractivity contribution is 7.99. The normalized spacial score (nSPS) is 10.8. The summed E-state index contributed by atoms with van der Waals surface area (Å²) in [6.45, 7) is 0. The zero-order chi connectivity index (χ0) is 22.5. The van der Waals surface area contributed by atoms with E-state index in [2.05, 4.69) is 10.2 Å². The molecule has 0 aliphatic carbocycles. The summed E-state index contributed by atoms with van der Waals surface area (Å²) >= 11 is 1.24. The number of nitro groups is 1. The first kappa shape index (κ1) is 21.4. The van der Waals surface area contributed by atoms with Gasteiger partial charge in [-0.1, -0.05) is 42.1 Å². The molecule has 0 aliphatic heterocycles. The Morgan fingerprint density at radius 3 is 2.31 bits per heavy atom. The topological polar surface area (TPSA) is 90.9 Å². The number of non-ortho nitro benzene ring substituents is 1. The Hall–Kier alpha value is -3.85. The minimum absolute atomic E-state index is 0.0221. The molecule has 160 valence electrons. The lowest BCUT2D eigenvalue weighted by atomic mass is 10.1. The van der Waals surface area contributed by atoms with Gasteiger partial charge in [-0.3, -0.25) is 19.5 Å². The Morgan fingerprint density at radius 1 is 0.969 bits per heavy atom. The van der Waals surface area contributed by atoms with E-state index >= 15 is 0 Å². The van der Waals surface area contributed by atoms with E-state index in [1.807, 2.05) is 34.9 Å². The lowest BCUT2D eigenvalue weighted by Crippen LogP contribution is -2.06. The number of hydrogen-bond acceptors (Lipinski definition) is 6. The number of ketones is 1. The van der Waals surface area contributed by atoms with E-state index < -0.39 is 10.7 Å². The molecule has 0 bridgehead atoms. The van der Waals surface area contributed by atoms with Gasteiger partial charge >= 0.3 is 0 Å². The van der Waals surface area contributed by atoms with Crippen molar-refractivity contribution >= 4 is 23.2 Å². The number of benzene rings is 3. The summed E-state index contributed by atoms with van der Waals surface area (Å²) in [5.74, 6) is 0.221. The molecular weight excluding hydrogens is 431 g/mol. The quantitative estimate of drug-likeness (QED) is 0.165. The van der Waals surface area contributed by atoms with Crippen LogP contribution >= 0.6 is 11.8 Å². The second kappa shape index (κ2) is 9.52. The Bertz CT molecular complexity index is 1240. The molecular formula is C23H17FN4O3S. The van der Waals surface area contributed by atoms with Crippen LogP contribution in [0.4, 0.5) is 10.1 Å². The van der Waals surface area contributed by atoms with Crippen LogP contribution in [0.2, 0.25) is 0 Å². The van der Waals surface area contributed by atoms with Crippen LogP contribution in [0, 0.1) is 15.9 Å². The standard InChI is InChI=1S/C23H17FN4O3S/c24-18-10-8-17(9-11-18)21(29)15-32-23-26-25-22(27(23)19-4-2-1-3-5-19)14-16-6-12-20(13-7-16)28(30)31/h1-13H,14-15H2. The third kappa shape index (κ3) is 4.89. The number of para-hydroxylation sites is 1. The van der Waals surface area contributed by atoms with Gasteiger partial charge in [-0.05, 0) is 42.0 Å². The smallest absolute Gasteiger partial charge is 0.269 e. The van der Waals surface area contributed by atoms with E-state index in [0.717, 1.165) is 11.3 Å². The molecule has 4 rings (SSSR count). The molecule has 0 aliphatic rings. The summed E-state index contributed by atoms with van der Waals surface area (Å²) in [6.07, 6.45) is 0.409. The average Bonchev–Trinajstić information content (AvgIpc) is 3.21. The molecule has 0 fully saturated rings. The van der Waals surface area contributed by atoms with Gasteiger partial charge in [0.1, 0.15) is 11.6 Å². The van der Waals surface area contributed by atoms with E-state index in [4.69, 9.17) is 0 Å². The monoisotopic (exact) mass is 448 g/mol. The summed E-state index contributed by atoms with van der Waals surface area (Å²) < 4.78 is 15.0. The maximum absolute atomic E-state index is 13.1. The molecule has 0 radical (unpaired) electrons. The molecule has 7 nitrogen and oxygen atoms in total. The van der Waals surface area contributed by atoms with Crippen molar-refractivity contribution in [2.45, 2.75) is 11.6 Å². The molecule has 1 aromatic heterocycles. The molecule has 0 unspecified atom stereocenters. The van der Waals surface area contributed by atoms with E-state index in [0.29, 0.717) is 23.0 Å². The van der Waals surface area contributed by atoms with E-state index in [1.54, 1.807) is 12.1 Å². The van der Waals surface area contributed by atoms with Crippen LogP contribution in [0.1, 0.15) is 21.7 Å². The van der Waals surface area contributed by atoms with Crippen LogP contribution in [0.3, 0.4) is 0 Å². The number of thioether (sulfide) groups is 1. The van der Waals surface area contributed by atoms with Gasteiger partial charge in [0, 0.05) is 29.8 Å². The van der Waals surface area contributed by atoms with Gasteiger partial charge < -0.3 is 0 Å². The molecule has 0 atom stereocenters. The number of rotatable bonds is 8. The van der Waals surface area contributed by atoms with Crippen molar-refractivity contribution < 1.29 is 14.1 Å². The Morgan fingerprint density at radius 2 is 1.66 bits per heavy atom. The fraction of sp³-hybridized carbons (Fsp3) is 0.0870. The molecule has 0 saturated carbocycles. The second-order valence-corrected chi connectivity index (χ2v) is 7.83. The number of carbonyl (C=O) groups is 1. The molecule has 0 spiro atoms. The van der Waals surface area contributed by atoms with Gasteiger partial charge in [0.2, 0.25) is 0 Å². The zero-order valence-electron chi connectivity index (χ0n) is 16.7. The lowest BCUT2D eigenvalue weighted by molar-refractivity contribution is -0.384. The van der Waals surface area contributed by atoms with Crippen molar-refractivity contribution in [3.8, 4) is 5.69 Å². The summed E-state index contributed by atoms with van der Waals surface area (Å²) in [7, 11) is 0. The predicted molar refractivity (Wildman–Crippen MR) is 119 cm³/mol. The van der Waals surface area contributed by atoms with Crippen molar-refractivity contribution in [1.29, 1.82) is 0 Å². The van der Waals surface area contributed by atoms with Crippen molar-refractivity contribution in [3.05, 3.63) is 112 Å². The van der Waals surface area contributed by atoms with Crippen LogP contribution in [-0.4, -0.2) is 31.2 Å². The average molecular weight is 448 g/mol. The van der Waals surface area contributed by atoms with Gasteiger partial charge in [0.05, 0.1) is 10.7 Å². The largest absolute Gasteiger partial charge is 0.293 e. The highest BCUT2D eigenvalue weighted by Gasteiger charge is 2.17. The second-order valence-electron chi connectivity index (χ2n) is 6.89. The van der Waals surface area contributed by atoms with E-state index in [9.17, 15) is 19.3 Å². The number of nitro benzene ring substituents is 1. The molecule has 0 amide bonds. The van der Waals surface area contributed by atoms with Crippen molar-refractivity contribution in [3.63, 3.8) is 0 Å². The van der Waals surface area contributed by atoms with Crippen LogP contribution < -0.4 is 0 Å². The first-order chi connectivity index (χ1) is 15.5. The fourth-order valence-electron chi connectivity index (χ4n) is 3.11.